The van der Waals surface area contributed by atoms with E-state index in [2.05, 4.69) is 35.4 Å². The van der Waals surface area contributed by atoms with E-state index >= 15 is 0 Å². The van der Waals surface area contributed by atoms with Crippen LogP contribution in [0.4, 0.5) is 0 Å². The first-order valence-electron chi connectivity index (χ1n) is 11.4. The predicted molar refractivity (Wildman–Crippen MR) is 131 cm³/mol. The SMILES string of the molecule is CC(=O)N1CCC(=N[C@H]2CCOC2)C(=C(N)c2cccc3cc(-c4cnn(C)c4)ccc23)C1. The van der Waals surface area contributed by atoms with Crippen LogP contribution in [-0.2, 0) is 16.6 Å². The summed E-state index contributed by atoms with van der Waals surface area (Å²) in [7, 11) is 1.92. The number of hydrogen-bond acceptors (Lipinski definition) is 5. The second kappa shape index (κ2) is 8.83. The van der Waals surface area contributed by atoms with Gasteiger partial charge in [-0.1, -0.05) is 30.3 Å². The zero-order chi connectivity index (χ0) is 22.9. The number of rotatable bonds is 3. The van der Waals surface area contributed by atoms with Crippen LogP contribution in [0, 0.1) is 0 Å². The summed E-state index contributed by atoms with van der Waals surface area (Å²) in [6, 6.07) is 12.7. The van der Waals surface area contributed by atoms with Gasteiger partial charge in [0.05, 0.1) is 18.8 Å². The highest BCUT2D eigenvalue weighted by Crippen LogP contribution is 2.31. The van der Waals surface area contributed by atoms with E-state index in [1.54, 1.807) is 11.6 Å². The van der Waals surface area contributed by atoms with Gasteiger partial charge in [-0.15, -0.1) is 0 Å². The molecule has 5 rings (SSSR count). The van der Waals surface area contributed by atoms with Crippen LogP contribution in [0.2, 0.25) is 0 Å². The van der Waals surface area contributed by atoms with E-state index in [1.165, 1.54) is 0 Å². The Morgan fingerprint density at radius 1 is 1.24 bits per heavy atom. The molecule has 3 heterocycles. The number of fused-ring (bicyclic) bond motifs is 1. The molecule has 1 amide bonds. The van der Waals surface area contributed by atoms with E-state index < -0.39 is 0 Å². The lowest BCUT2D eigenvalue weighted by atomic mass is 9.93. The van der Waals surface area contributed by atoms with Crippen LogP contribution in [0.3, 0.4) is 0 Å². The number of carbonyl (C=O) groups is 1. The minimum Gasteiger partial charge on any atom is -0.398 e. The highest BCUT2D eigenvalue weighted by atomic mass is 16.5. The van der Waals surface area contributed by atoms with Gasteiger partial charge in [-0.3, -0.25) is 14.5 Å². The van der Waals surface area contributed by atoms with E-state index in [-0.39, 0.29) is 11.9 Å². The van der Waals surface area contributed by atoms with Gasteiger partial charge in [0.2, 0.25) is 5.91 Å². The lowest BCUT2D eigenvalue weighted by Crippen LogP contribution is -2.40. The summed E-state index contributed by atoms with van der Waals surface area (Å²) in [6.45, 7) is 4.16. The maximum absolute atomic E-state index is 12.1. The van der Waals surface area contributed by atoms with Gasteiger partial charge < -0.3 is 15.4 Å². The lowest BCUT2D eigenvalue weighted by Gasteiger charge is -2.31. The highest BCUT2D eigenvalue weighted by molar-refractivity contribution is 6.10. The quantitative estimate of drug-likeness (QED) is 0.672. The molecule has 1 aromatic heterocycles. The molecule has 0 bridgehead atoms. The summed E-state index contributed by atoms with van der Waals surface area (Å²) in [6.07, 6.45) is 5.52. The first kappa shape index (κ1) is 21.4. The van der Waals surface area contributed by atoms with E-state index in [9.17, 15) is 4.79 Å². The van der Waals surface area contributed by atoms with Crippen molar-refractivity contribution in [2.24, 2.45) is 17.8 Å². The van der Waals surface area contributed by atoms with Crippen molar-refractivity contribution in [2.45, 2.75) is 25.8 Å². The molecular formula is C26H29N5O2. The number of ether oxygens (including phenoxy) is 1. The topological polar surface area (TPSA) is 85.7 Å². The van der Waals surface area contributed by atoms with Gasteiger partial charge in [0.25, 0.3) is 0 Å². The number of aliphatic imine (C=N–C) groups is 1. The van der Waals surface area contributed by atoms with Gasteiger partial charge in [-0.05, 0) is 28.8 Å². The molecule has 0 saturated carbocycles. The molecule has 3 aromatic rings. The van der Waals surface area contributed by atoms with E-state index in [4.69, 9.17) is 15.5 Å². The van der Waals surface area contributed by atoms with Gasteiger partial charge in [0.15, 0.2) is 0 Å². The van der Waals surface area contributed by atoms with Crippen molar-refractivity contribution < 1.29 is 9.53 Å². The smallest absolute Gasteiger partial charge is 0.219 e. The second-order valence-electron chi connectivity index (χ2n) is 8.82. The zero-order valence-electron chi connectivity index (χ0n) is 19.1. The number of nitrogens with two attached hydrogens (primary N) is 1. The van der Waals surface area contributed by atoms with E-state index in [0.29, 0.717) is 31.8 Å². The van der Waals surface area contributed by atoms with Crippen molar-refractivity contribution in [1.82, 2.24) is 14.7 Å². The fourth-order valence-electron chi connectivity index (χ4n) is 4.68. The minimum absolute atomic E-state index is 0.0579. The first-order chi connectivity index (χ1) is 16.0. The standard InChI is InChI=1S/C26H29N5O2/c1-17(32)31-10-8-25(29-21-9-11-33-16-21)24(15-31)26(27)23-5-3-4-19-12-18(6-7-22(19)23)20-13-28-30(2)14-20/h3-7,12-14,21H,8-11,15-16,27H2,1-2H3/t21-/m0/s1. The third-order valence-electron chi connectivity index (χ3n) is 6.54. The predicted octanol–water partition coefficient (Wildman–Crippen LogP) is 3.39. The molecular weight excluding hydrogens is 414 g/mol. The summed E-state index contributed by atoms with van der Waals surface area (Å²) in [5.74, 6) is 0.0579. The lowest BCUT2D eigenvalue weighted by molar-refractivity contribution is -0.128. The maximum Gasteiger partial charge on any atom is 0.219 e. The number of amides is 1. The Balaban J connectivity index is 1.59. The highest BCUT2D eigenvalue weighted by Gasteiger charge is 2.26. The molecule has 7 nitrogen and oxygen atoms in total. The van der Waals surface area contributed by atoms with Crippen molar-refractivity contribution >= 4 is 28.1 Å². The van der Waals surface area contributed by atoms with Crippen LogP contribution < -0.4 is 5.73 Å². The molecule has 7 heteroatoms. The summed E-state index contributed by atoms with van der Waals surface area (Å²) >= 11 is 0. The van der Waals surface area contributed by atoms with Crippen molar-refractivity contribution in [3.05, 3.63) is 59.9 Å². The summed E-state index contributed by atoms with van der Waals surface area (Å²) < 4.78 is 7.32. The number of benzene rings is 2. The van der Waals surface area contributed by atoms with E-state index in [0.717, 1.165) is 51.8 Å². The Bertz CT molecular complexity index is 1270. The largest absolute Gasteiger partial charge is 0.398 e. The summed E-state index contributed by atoms with van der Waals surface area (Å²) in [5, 5.41) is 6.48. The van der Waals surface area contributed by atoms with Crippen LogP contribution >= 0.6 is 0 Å². The fraction of sp³-hybridized carbons (Fsp3) is 0.346. The molecule has 33 heavy (non-hydrogen) atoms. The van der Waals surface area contributed by atoms with Crippen LogP contribution in [0.5, 0.6) is 0 Å². The number of piperidine rings is 1. The van der Waals surface area contributed by atoms with Gasteiger partial charge in [-0.2, -0.15) is 5.10 Å². The fourth-order valence-corrected chi connectivity index (χ4v) is 4.68. The van der Waals surface area contributed by atoms with Gasteiger partial charge in [-0.25, -0.2) is 0 Å². The first-order valence-corrected chi connectivity index (χ1v) is 11.4. The van der Waals surface area contributed by atoms with Crippen LogP contribution in [0.15, 0.2) is 59.4 Å². The monoisotopic (exact) mass is 443 g/mol. The molecule has 0 spiro atoms. The average Bonchev–Trinajstić information content (AvgIpc) is 3.49. The van der Waals surface area contributed by atoms with Crippen LogP contribution in [0.25, 0.3) is 27.6 Å². The van der Waals surface area contributed by atoms with Crippen LogP contribution in [-0.4, -0.2) is 58.6 Å². The molecule has 0 unspecified atom stereocenters. The summed E-state index contributed by atoms with van der Waals surface area (Å²) in [4.78, 5) is 19.0. The Kier molecular flexibility index (Phi) is 5.72. The minimum atomic E-state index is 0.0579. The van der Waals surface area contributed by atoms with Crippen molar-refractivity contribution in [2.75, 3.05) is 26.3 Å². The van der Waals surface area contributed by atoms with Gasteiger partial charge >= 0.3 is 0 Å². The molecule has 2 fully saturated rings. The number of aryl methyl sites for hydroxylation is 1. The number of nitrogens with zero attached hydrogens (tertiary/aromatic N) is 4. The Morgan fingerprint density at radius 3 is 2.85 bits per heavy atom. The number of carbonyl (C=O) groups excluding carboxylic acids is 1. The molecule has 2 aliphatic heterocycles. The normalized spacial score (nSPS) is 21.7. The Hall–Kier alpha value is -3.45. The molecule has 2 aliphatic rings. The number of likely N-dealkylation sites (tertiary alicyclic amines) is 1. The molecule has 1 atom stereocenters. The van der Waals surface area contributed by atoms with E-state index in [1.807, 2.05) is 30.4 Å². The zero-order valence-corrected chi connectivity index (χ0v) is 19.1. The molecule has 2 aromatic carbocycles. The molecule has 2 saturated heterocycles. The summed E-state index contributed by atoms with van der Waals surface area (Å²) in [5.41, 5.74) is 12.6. The van der Waals surface area contributed by atoms with Gasteiger partial charge in [0, 0.05) is 74.4 Å². The third kappa shape index (κ3) is 4.28. The molecule has 0 radical (unpaired) electrons. The Morgan fingerprint density at radius 2 is 2.12 bits per heavy atom. The van der Waals surface area contributed by atoms with Gasteiger partial charge in [0.1, 0.15) is 0 Å². The second-order valence-corrected chi connectivity index (χ2v) is 8.82. The third-order valence-corrected chi connectivity index (χ3v) is 6.54. The van der Waals surface area contributed by atoms with Crippen molar-refractivity contribution in [3.63, 3.8) is 0 Å². The van der Waals surface area contributed by atoms with Crippen molar-refractivity contribution in [1.29, 1.82) is 0 Å². The maximum atomic E-state index is 12.1. The number of hydrogen-bond donors (Lipinski definition) is 1. The molecule has 2 N–H and O–H groups in total. The Labute approximate surface area is 193 Å². The average molecular weight is 444 g/mol. The van der Waals surface area contributed by atoms with Crippen LogP contribution in [0.1, 0.15) is 25.3 Å². The number of aromatic nitrogens is 2. The molecule has 170 valence electrons. The van der Waals surface area contributed by atoms with Crippen molar-refractivity contribution in [3.8, 4) is 11.1 Å². The molecule has 0 aliphatic carbocycles.